The van der Waals surface area contributed by atoms with Gasteiger partial charge in [-0.25, -0.2) is 0 Å². The maximum Gasteiger partial charge on any atom is 0.261 e. The standard InChI is InChI=1S/C38H49NO4/c1-8-38(9-2,29-18-16-28(26(3)24-29)17-21-34(40)37(5,6)7)30-19-20-33(27(4)25-30)43-23-13-12-22-39-35(41)31-14-10-11-15-32(31)36(39)42/h10-11,14-16,18-20,24-25,34,40H,8-9,12-13,17,21-23H2,1-7H3. The smallest absolute Gasteiger partial charge is 0.261 e. The van der Waals surface area contributed by atoms with Gasteiger partial charge in [-0.05, 0) is 104 Å². The van der Waals surface area contributed by atoms with Gasteiger partial charge < -0.3 is 9.84 Å². The van der Waals surface area contributed by atoms with Crippen molar-refractivity contribution in [2.24, 2.45) is 5.41 Å². The quantitative estimate of drug-likeness (QED) is 0.163. The van der Waals surface area contributed by atoms with E-state index in [1.807, 2.05) is 0 Å². The summed E-state index contributed by atoms with van der Waals surface area (Å²) in [5.41, 5.74) is 7.10. The monoisotopic (exact) mass is 583 g/mol. The van der Waals surface area contributed by atoms with Gasteiger partial charge in [0.15, 0.2) is 0 Å². The zero-order valence-electron chi connectivity index (χ0n) is 27.1. The first-order valence-electron chi connectivity index (χ1n) is 15.9. The molecule has 0 aliphatic carbocycles. The number of ether oxygens (including phenoxy) is 1. The van der Waals surface area contributed by atoms with E-state index in [0.717, 1.165) is 43.4 Å². The van der Waals surface area contributed by atoms with Crippen LogP contribution in [-0.4, -0.2) is 41.1 Å². The van der Waals surface area contributed by atoms with E-state index in [1.54, 1.807) is 24.3 Å². The molecule has 5 heteroatoms. The number of amides is 2. The normalized spacial score (nSPS) is 14.3. The van der Waals surface area contributed by atoms with Crippen LogP contribution in [0.25, 0.3) is 0 Å². The number of carbonyl (C=O) groups excluding carboxylic acids is 2. The summed E-state index contributed by atoms with van der Waals surface area (Å²) in [4.78, 5) is 26.5. The number of hydrogen-bond acceptors (Lipinski definition) is 4. The molecule has 1 N–H and O–H groups in total. The van der Waals surface area contributed by atoms with Crippen LogP contribution in [0, 0.1) is 19.3 Å². The number of carbonyl (C=O) groups is 2. The van der Waals surface area contributed by atoms with Crippen LogP contribution < -0.4 is 4.74 Å². The zero-order chi connectivity index (χ0) is 31.4. The van der Waals surface area contributed by atoms with Crippen molar-refractivity contribution in [3.63, 3.8) is 0 Å². The molecule has 0 bridgehead atoms. The molecule has 0 radical (unpaired) electrons. The van der Waals surface area contributed by atoms with Crippen LogP contribution in [0.3, 0.4) is 0 Å². The average molecular weight is 584 g/mol. The molecule has 1 heterocycles. The molecule has 230 valence electrons. The minimum Gasteiger partial charge on any atom is -0.493 e. The average Bonchev–Trinajstić information content (AvgIpc) is 3.22. The summed E-state index contributed by atoms with van der Waals surface area (Å²) in [6, 6.07) is 20.5. The van der Waals surface area contributed by atoms with E-state index < -0.39 is 0 Å². The van der Waals surface area contributed by atoms with Crippen molar-refractivity contribution in [2.75, 3.05) is 13.2 Å². The predicted octanol–water partition coefficient (Wildman–Crippen LogP) is 8.20. The molecule has 0 spiro atoms. The van der Waals surface area contributed by atoms with Crippen LogP contribution in [0.1, 0.15) is 115 Å². The van der Waals surface area contributed by atoms with E-state index in [4.69, 9.17) is 4.74 Å². The lowest BCUT2D eigenvalue weighted by Crippen LogP contribution is -2.30. The Morgan fingerprint density at radius 3 is 1.93 bits per heavy atom. The second kappa shape index (κ2) is 13.5. The summed E-state index contributed by atoms with van der Waals surface area (Å²) >= 11 is 0. The number of aliphatic hydroxyl groups is 1. The number of imide groups is 1. The molecule has 4 rings (SSSR count). The van der Waals surface area contributed by atoms with Crippen LogP contribution in [0.2, 0.25) is 0 Å². The molecule has 1 atom stereocenters. The van der Waals surface area contributed by atoms with Crippen LogP contribution in [0.4, 0.5) is 0 Å². The molecule has 1 aliphatic rings. The fourth-order valence-corrected chi connectivity index (χ4v) is 6.34. The molecular formula is C38H49NO4. The molecule has 0 saturated carbocycles. The molecule has 1 aliphatic heterocycles. The Bertz CT molecular complexity index is 1410. The third kappa shape index (κ3) is 6.88. The number of aliphatic hydroxyl groups excluding tert-OH is 1. The number of nitrogens with zero attached hydrogens (tertiary/aromatic N) is 1. The highest BCUT2D eigenvalue weighted by Crippen LogP contribution is 2.41. The molecule has 5 nitrogen and oxygen atoms in total. The van der Waals surface area contributed by atoms with Gasteiger partial charge in [0.25, 0.3) is 11.8 Å². The van der Waals surface area contributed by atoms with Crippen molar-refractivity contribution in [3.05, 3.63) is 99.6 Å². The zero-order valence-corrected chi connectivity index (χ0v) is 27.1. The van der Waals surface area contributed by atoms with Crippen molar-refractivity contribution in [2.45, 2.75) is 98.5 Å². The third-order valence-electron chi connectivity index (χ3n) is 9.43. The summed E-state index contributed by atoms with van der Waals surface area (Å²) in [7, 11) is 0. The number of unbranched alkanes of at least 4 members (excludes halogenated alkanes) is 1. The highest BCUT2D eigenvalue weighted by molar-refractivity contribution is 6.21. The highest BCUT2D eigenvalue weighted by atomic mass is 16.5. The van der Waals surface area contributed by atoms with Crippen molar-refractivity contribution in [3.8, 4) is 5.75 Å². The number of rotatable bonds is 13. The first kappa shape index (κ1) is 32.5. The fourth-order valence-electron chi connectivity index (χ4n) is 6.34. The maximum atomic E-state index is 12.6. The van der Waals surface area contributed by atoms with Gasteiger partial charge in [-0.3, -0.25) is 14.5 Å². The van der Waals surface area contributed by atoms with Gasteiger partial charge >= 0.3 is 0 Å². The van der Waals surface area contributed by atoms with Crippen molar-refractivity contribution >= 4 is 11.8 Å². The molecule has 3 aromatic rings. The van der Waals surface area contributed by atoms with Gasteiger partial charge in [0.1, 0.15) is 5.75 Å². The summed E-state index contributed by atoms with van der Waals surface area (Å²) in [5, 5.41) is 10.5. The minimum atomic E-state index is -0.322. The SMILES string of the molecule is CCC(CC)(c1ccc(CCC(O)C(C)(C)C)c(C)c1)c1ccc(OCCCCN2C(=O)c3ccccc3C2=O)c(C)c1. The number of hydrogen-bond donors (Lipinski definition) is 1. The first-order chi connectivity index (χ1) is 20.4. The lowest BCUT2D eigenvalue weighted by molar-refractivity contribution is 0.0559. The molecule has 3 aromatic carbocycles. The number of fused-ring (bicyclic) bond motifs is 1. The highest BCUT2D eigenvalue weighted by Gasteiger charge is 2.34. The van der Waals surface area contributed by atoms with E-state index in [9.17, 15) is 14.7 Å². The van der Waals surface area contributed by atoms with Crippen molar-refractivity contribution in [1.29, 1.82) is 0 Å². The van der Waals surface area contributed by atoms with E-state index in [2.05, 4.69) is 84.9 Å². The number of benzene rings is 3. The largest absolute Gasteiger partial charge is 0.493 e. The predicted molar refractivity (Wildman–Crippen MR) is 174 cm³/mol. The molecule has 0 saturated heterocycles. The van der Waals surface area contributed by atoms with Crippen LogP contribution >= 0.6 is 0 Å². The van der Waals surface area contributed by atoms with Gasteiger partial charge in [0.05, 0.1) is 23.8 Å². The minimum absolute atomic E-state index is 0.0934. The van der Waals surface area contributed by atoms with Gasteiger partial charge in [-0.2, -0.15) is 0 Å². The Morgan fingerprint density at radius 2 is 1.40 bits per heavy atom. The van der Waals surface area contributed by atoms with Crippen molar-refractivity contribution in [1.82, 2.24) is 4.90 Å². The van der Waals surface area contributed by atoms with E-state index in [0.29, 0.717) is 30.7 Å². The van der Waals surface area contributed by atoms with E-state index in [-0.39, 0.29) is 28.7 Å². The van der Waals surface area contributed by atoms with Crippen molar-refractivity contribution < 1.29 is 19.4 Å². The van der Waals surface area contributed by atoms with E-state index in [1.165, 1.54) is 27.2 Å². The van der Waals surface area contributed by atoms with Crippen LogP contribution in [-0.2, 0) is 11.8 Å². The molecular weight excluding hydrogens is 534 g/mol. The molecule has 2 amide bonds. The van der Waals surface area contributed by atoms with Gasteiger partial charge in [-0.15, -0.1) is 0 Å². The van der Waals surface area contributed by atoms with Crippen LogP contribution in [0.15, 0.2) is 60.7 Å². The first-order valence-corrected chi connectivity index (χ1v) is 15.9. The summed E-state index contributed by atoms with van der Waals surface area (Å²) in [5.74, 6) is 0.467. The molecule has 0 aromatic heterocycles. The maximum absolute atomic E-state index is 12.6. The fraction of sp³-hybridized carbons (Fsp3) is 0.474. The Balaban J connectivity index is 1.38. The van der Waals surface area contributed by atoms with Gasteiger partial charge in [0.2, 0.25) is 0 Å². The van der Waals surface area contributed by atoms with Gasteiger partial charge in [-0.1, -0.05) is 77.1 Å². The Labute approximate surface area is 258 Å². The van der Waals surface area contributed by atoms with Gasteiger partial charge in [0, 0.05) is 12.0 Å². The topological polar surface area (TPSA) is 66.8 Å². The Hall–Kier alpha value is -3.44. The lowest BCUT2D eigenvalue weighted by atomic mass is 9.69. The summed E-state index contributed by atoms with van der Waals surface area (Å²) < 4.78 is 6.15. The second-order valence-electron chi connectivity index (χ2n) is 13.2. The third-order valence-corrected chi connectivity index (χ3v) is 9.43. The summed E-state index contributed by atoms with van der Waals surface area (Å²) in [6.45, 7) is 16.0. The second-order valence-corrected chi connectivity index (χ2v) is 13.2. The summed E-state index contributed by atoms with van der Waals surface area (Å²) in [6.07, 6.45) is 4.74. The Kier molecular flexibility index (Phi) is 10.2. The molecule has 43 heavy (non-hydrogen) atoms. The number of aryl methyl sites for hydroxylation is 3. The Morgan fingerprint density at radius 1 is 0.814 bits per heavy atom. The molecule has 1 unspecified atom stereocenters. The molecule has 0 fully saturated rings. The lowest BCUT2D eigenvalue weighted by Gasteiger charge is -2.34. The van der Waals surface area contributed by atoms with Crippen LogP contribution in [0.5, 0.6) is 5.75 Å². The van der Waals surface area contributed by atoms with E-state index >= 15 is 0 Å².